The van der Waals surface area contributed by atoms with E-state index < -0.39 is 11.3 Å². The zero-order chi connectivity index (χ0) is 14.1. The molecule has 1 amide bonds. The van der Waals surface area contributed by atoms with E-state index >= 15 is 0 Å². The zero-order valence-electron chi connectivity index (χ0n) is 11.0. The Kier molecular flexibility index (Phi) is 9.39. The molecule has 0 saturated heterocycles. The number of hydroxylamine groups is 1. The third kappa shape index (κ3) is 9.67. The fraction of sp³-hybridized carbons (Fsp3) is 0.800. The molecular weight excluding hydrogens is 292 g/mol. The summed E-state index contributed by atoms with van der Waals surface area (Å²) in [5.41, 5.74) is 1.97. The molecular formula is C10H20N2O3S3. The number of amides is 1. The molecule has 0 unspecified atom stereocenters. The molecule has 18 heavy (non-hydrogen) atoms. The first kappa shape index (κ1) is 17.7. The van der Waals surface area contributed by atoms with Crippen LogP contribution in [0.5, 0.6) is 0 Å². The lowest BCUT2D eigenvalue weighted by Crippen LogP contribution is -2.30. The Bertz CT molecular complexity index is 263. The van der Waals surface area contributed by atoms with Gasteiger partial charge < -0.3 is 9.94 Å². The molecule has 8 heteroatoms. The highest BCUT2D eigenvalue weighted by Gasteiger charge is 2.18. The number of hydrogen-bond acceptors (Lipinski definition) is 5. The van der Waals surface area contributed by atoms with Gasteiger partial charge in [0.1, 0.15) is 0 Å². The largest absolute Gasteiger partial charge is 0.485 e. The lowest BCUT2D eigenvalue weighted by atomic mass is 10.3. The monoisotopic (exact) mass is 312 g/mol. The van der Waals surface area contributed by atoms with Crippen LogP contribution in [0.3, 0.4) is 0 Å². The maximum absolute atomic E-state index is 11.7. The van der Waals surface area contributed by atoms with Gasteiger partial charge in [0, 0.05) is 11.5 Å². The number of carbonyl (C=O) groups is 1. The van der Waals surface area contributed by atoms with Gasteiger partial charge in [0.2, 0.25) is 0 Å². The highest BCUT2D eigenvalue weighted by atomic mass is 32.2. The standard InChI is InChI=1S/C10H20N2O3S3/c1-7(2)5-17-12(18-6-8(3)4)10(14)15-11-9(13)16/h7-8H,5-6H2,1-4H3,(H2,11,13,16). The second-order valence-corrected chi connectivity index (χ2v) is 6.94. The number of nitrogens with one attached hydrogen (secondary N) is 1. The van der Waals surface area contributed by atoms with Gasteiger partial charge in [0.15, 0.2) is 0 Å². The first-order chi connectivity index (χ1) is 8.32. The highest BCUT2D eigenvalue weighted by molar-refractivity contribution is 8.12. The summed E-state index contributed by atoms with van der Waals surface area (Å²) < 4.78 is 1.46. The van der Waals surface area contributed by atoms with Crippen LogP contribution in [0.2, 0.25) is 0 Å². The van der Waals surface area contributed by atoms with Crippen molar-refractivity contribution in [2.24, 2.45) is 11.8 Å². The van der Waals surface area contributed by atoms with E-state index in [2.05, 4.69) is 44.8 Å². The van der Waals surface area contributed by atoms with E-state index in [1.54, 1.807) is 0 Å². The number of aliphatic hydroxyl groups excluding tert-OH is 1. The quantitative estimate of drug-likeness (QED) is 0.443. The molecule has 5 nitrogen and oxygen atoms in total. The number of thiocarbonyl (C=S) groups is 1. The lowest BCUT2D eigenvalue weighted by Gasteiger charge is -2.20. The van der Waals surface area contributed by atoms with Crippen LogP contribution in [0.25, 0.3) is 0 Å². The molecule has 106 valence electrons. The van der Waals surface area contributed by atoms with Gasteiger partial charge in [-0.05, 0) is 47.9 Å². The first-order valence-corrected chi connectivity index (χ1v) is 7.88. The van der Waals surface area contributed by atoms with E-state index in [0.29, 0.717) is 11.8 Å². The van der Waals surface area contributed by atoms with Crippen LogP contribution in [0.4, 0.5) is 4.79 Å². The molecule has 0 saturated carbocycles. The van der Waals surface area contributed by atoms with E-state index in [1.165, 1.54) is 27.6 Å². The van der Waals surface area contributed by atoms with Crippen molar-refractivity contribution in [3.05, 3.63) is 0 Å². The van der Waals surface area contributed by atoms with Crippen LogP contribution in [0.1, 0.15) is 27.7 Å². The van der Waals surface area contributed by atoms with Crippen LogP contribution in [0.15, 0.2) is 0 Å². The van der Waals surface area contributed by atoms with Crippen molar-refractivity contribution in [3.63, 3.8) is 0 Å². The number of rotatable bonds is 6. The fourth-order valence-electron chi connectivity index (χ4n) is 0.701. The molecule has 0 atom stereocenters. The smallest absolute Gasteiger partial charge is 0.454 e. The minimum atomic E-state index is -0.581. The molecule has 0 aromatic carbocycles. The third-order valence-electron chi connectivity index (χ3n) is 1.42. The van der Waals surface area contributed by atoms with Crippen molar-refractivity contribution in [1.29, 1.82) is 0 Å². The minimum absolute atomic E-state index is 0.469. The second kappa shape index (κ2) is 9.57. The Morgan fingerprint density at radius 3 is 2.06 bits per heavy atom. The van der Waals surface area contributed by atoms with E-state index in [1.807, 2.05) is 5.48 Å². The number of aliphatic hydroxyl groups is 1. The maximum Gasteiger partial charge on any atom is 0.454 e. The van der Waals surface area contributed by atoms with Gasteiger partial charge in [-0.2, -0.15) is 9.19 Å². The van der Waals surface area contributed by atoms with Crippen molar-refractivity contribution >= 4 is 47.4 Å². The van der Waals surface area contributed by atoms with Gasteiger partial charge in [-0.15, -0.1) is 0 Å². The van der Waals surface area contributed by atoms with Crippen molar-refractivity contribution in [3.8, 4) is 0 Å². The highest BCUT2D eigenvalue weighted by Crippen LogP contribution is 2.26. The molecule has 0 radical (unpaired) electrons. The summed E-state index contributed by atoms with van der Waals surface area (Å²) in [4.78, 5) is 16.3. The summed E-state index contributed by atoms with van der Waals surface area (Å²) in [7, 11) is 0. The summed E-state index contributed by atoms with van der Waals surface area (Å²) in [6, 6.07) is 0. The van der Waals surface area contributed by atoms with Gasteiger partial charge in [-0.3, -0.25) is 0 Å². The Balaban J connectivity index is 4.24. The summed E-state index contributed by atoms with van der Waals surface area (Å²) in [6.07, 6.45) is -0.581. The zero-order valence-corrected chi connectivity index (χ0v) is 13.5. The second-order valence-electron chi connectivity index (χ2n) is 4.41. The molecule has 0 bridgehead atoms. The summed E-state index contributed by atoms with van der Waals surface area (Å²) in [5.74, 6) is 2.56. The number of hydrogen-bond donors (Lipinski definition) is 2. The number of nitrogens with zero attached hydrogens (tertiary/aromatic N) is 1. The van der Waals surface area contributed by atoms with Gasteiger partial charge in [-0.25, -0.2) is 4.79 Å². The predicted molar refractivity (Wildman–Crippen MR) is 81.3 cm³/mol. The topological polar surface area (TPSA) is 61.8 Å². The molecule has 0 spiro atoms. The van der Waals surface area contributed by atoms with Crippen LogP contribution in [-0.4, -0.2) is 31.6 Å². The molecule has 0 aliphatic heterocycles. The predicted octanol–water partition coefficient (Wildman–Crippen LogP) is 3.38. The van der Waals surface area contributed by atoms with E-state index in [9.17, 15) is 4.79 Å². The van der Waals surface area contributed by atoms with Crippen molar-refractivity contribution in [2.75, 3.05) is 11.5 Å². The van der Waals surface area contributed by atoms with E-state index in [0.717, 1.165) is 11.5 Å². The lowest BCUT2D eigenvalue weighted by molar-refractivity contribution is 0.109. The van der Waals surface area contributed by atoms with E-state index in [4.69, 9.17) is 5.11 Å². The van der Waals surface area contributed by atoms with Crippen molar-refractivity contribution < 1.29 is 14.7 Å². The molecule has 0 aromatic rings. The normalized spacial score (nSPS) is 10.6. The molecule has 0 aliphatic carbocycles. The van der Waals surface area contributed by atoms with Gasteiger partial charge in [0.25, 0.3) is 5.17 Å². The van der Waals surface area contributed by atoms with Crippen LogP contribution in [-0.2, 0) is 4.84 Å². The third-order valence-corrected chi connectivity index (χ3v) is 4.54. The Labute approximate surface area is 122 Å². The van der Waals surface area contributed by atoms with Crippen molar-refractivity contribution in [2.45, 2.75) is 27.7 Å². The average molecular weight is 312 g/mol. The van der Waals surface area contributed by atoms with E-state index in [-0.39, 0.29) is 0 Å². The van der Waals surface area contributed by atoms with Gasteiger partial charge in [-0.1, -0.05) is 27.7 Å². The minimum Gasteiger partial charge on any atom is -0.485 e. The molecule has 0 rings (SSSR count). The SMILES string of the molecule is CC(C)CSN(SCC(C)C)C(=O)ONC(O)=S. The van der Waals surface area contributed by atoms with Crippen molar-refractivity contribution in [1.82, 2.24) is 9.19 Å². The van der Waals surface area contributed by atoms with Crippen LogP contribution in [0, 0.1) is 11.8 Å². The average Bonchev–Trinajstić information content (AvgIpc) is 2.25. The molecule has 2 N–H and O–H groups in total. The van der Waals surface area contributed by atoms with Gasteiger partial charge >= 0.3 is 6.09 Å². The Hall–Kier alpha value is -0.340. The summed E-state index contributed by atoms with van der Waals surface area (Å²) in [5, 5.41) is 8.17. The van der Waals surface area contributed by atoms with Crippen LogP contribution >= 0.6 is 36.1 Å². The Morgan fingerprint density at radius 2 is 1.72 bits per heavy atom. The summed E-state index contributed by atoms with van der Waals surface area (Å²) in [6.45, 7) is 8.30. The Morgan fingerprint density at radius 1 is 1.28 bits per heavy atom. The molecule has 0 fully saturated rings. The first-order valence-electron chi connectivity index (χ1n) is 5.58. The van der Waals surface area contributed by atoms with Gasteiger partial charge in [0.05, 0.1) is 0 Å². The van der Waals surface area contributed by atoms with Crippen LogP contribution < -0.4 is 5.48 Å². The number of carbonyl (C=O) groups excluding carboxylic acids is 1. The molecule has 0 aliphatic rings. The maximum atomic E-state index is 11.7. The fourth-order valence-corrected chi connectivity index (χ4v) is 2.56. The molecule has 0 aromatic heterocycles. The summed E-state index contributed by atoms with van der Waals surface area (Å²) >= 11 is 7.12. The molecule has 0 heterocycles.